The molecule has 0 amide bonds. The second-order valence-corrected chi connectivity index (χ2v) is 4.20. The van der Waals surface area contributed by atoms with Crippen LogP contribution >= 0.6 is 0 Å². The molecule has 1 rings (SSSR count). The summed E-state index contributed by atoms with van der Waals surface area (Å²) in [6.07, 6.45) is 7.29. The van der Waals surface area contributed by atoms with Gasteiger partial charge in [0.15, 0.2) is 0 Å². The molecule has 0 aromatic rings. The van der Waals surface area contributed by atoms with Gasteiger partial charge in [0.05, 0.1) is 0 Å². The van der Waals surface area contributed by atoms with Gasteiger partial charge in [-0.25, -0.2) is 0 Å². The lowest BCUT2D eigenvalue weighted by Gasteiger charge is -2.33. The number of nitrogens with two attached hydrogens (primary N) is 1. The van der Waals surface area contributed by atoms with Crippen molar-refractivity contribution >= 4 is 0 Å². The van der Waals surface area contributed by atoms with Crippen molar-refractivity contribution in [1.82, 2.24) is 10.6 Å². The molecule has 0 saturated heterocycles. The molecule has 0 unspecified atom stereocenters. The summed E-state index contributed by atoms with van der Waals surface area (Å²) in [5, 5.41) is 6.83. The van der Waals surface area contributed by atoms with Crippen LogP contribution in [0.2, 0.25) is 0 Å². The van der Waals surface area contributed by atoms with Crippen molar-refractivity contribution in [2.75, 3.05) is 26.2 Å². The Morgan fingerprint density at radius 1 is 1.27 bits per heavy atom. The van der Waals surface area contributed by atoms with E-state index < -0.39 is 0 Å². The fourth-order valence-corrected chi connectivity index (χ4v) is 1.95. The minimum absolute atomic E-state index is 0.158. The highest BCUT2D eigenvalue weighted by Crippen LogP contribution is 2.28. The summed E-state index contributed by atoms with van der Waals surface area (Å²) >= 11 is 0. The van der Waals surface area contributed by atoms with Gasteiger partial charge in [0.25, 0.3) is 0 Å². The van der Waals surface area contributed by atoms with Crippen molar-refractivity contribution in [3.63, 3.8) is 0 Å². The second-order valence-electron chi connectivity index (χ2n) is 4.20. The zero-order valence-electron chi connectivity index (χ0n) is 9.84. The van der Waals surface area contributed by atoms with Crippen molar-refractivity contribution in [2.24, 2.45) is 11.1 Å². The molecule has 1 aliphatic carbocycles. The van der Waals surface area contributed by atoms with Gasteiger partial charge in [-0.15, -0.1) is 0 Å². The van der Waals surface area contributed by atoms with E-state index in [0.717, 1.165) is 38.3 Å². The maximum absolute atomic E-state index is 5.91. The Bertz CT molecular complexity index is 235. The Labute approximate surface area is 92.8 Å². The smallest absolute Gasteiger partial charge is 0.0189 e. The van der Waals surface area contributed by atoms with Gasteiger partial charge in [0, 0.05) is 24.2 Å². The number of hydrogen-bond donors (Lipinski definition) is 3. The molecule has 1 aliphatic rings. The van der Waals surface area contributed by atoms with E-state index >= 15 is 0 Å². The molecule has 0 aliphatic heterocycles. The monoisotopic (exact) mass is 209 g/mol. The maximum atomic E-state index is 5.91. The van der Waals surface area contributed by atoms with Crippen LogP contribution in [0, 0.1) is 5.41 Å². The van der Waals surface area contributed by atoms with Crippen molar-refractivity contribution in [3.8, 4) is 0 Å². The van der Waals surface area contributed by atoms with E-state index in [2.05, 4.69) is 36.6 Å². The standard InChI is InChI=1S/C12H23N3/c1-3-14-9-12(10-15-4-2)7-5-6-11(13)8-12/h5-7,14-15H,3-4,8-10,13H2,1-2H3. The van der Waals surface area contributed by atoms with E-state index in [0.29, 0.717) is 0 Å². The third kappa shape index (κ3) is 3.68. The Hall–Kier alpha value is -0.800. The first-order valence-electron chi connectivity index (χ1n) is 5.78. The highest BCUT2D eigenvalue weighted by molar-refractivity contribution is 5.23. The molecule has 86 valence electrons. The Kier molecular flexibility index (Phi) is 4.85. The van der Waals surface area contributed by atoms with Crippen LogP contribution in [0.1, 0.15) is 20.3 Å². The maximum Gasteiger partial charge on any atom is 0.0189 e. The number of allylic oxidation sites excluding steroid dienone is 3. The predicted molar refractivity (Wildman–Crippen MR) is 65.5 cm³/mol. The van der Waals surface area contributed by atoms with Crippen LogP contribution in [0.5, 0.6) is 0 Å². The summed E-state index contributed by atoms with van der Waals surface area (Å²) in [5.41, 5.74) is 7.05. The molecule has 3 heteroatoms. The first-order chi connectivity index (χ1) is 7.22. The molecule has 0 heterocycles. The average Bonchev–Trinajstić information content (AvgIpc) is 2.24. The molecule has 15 heavy (non-hydrogen) atoms. The molecule has 0 fully saturated rings. The number of hydrogen-bond acceptors (Lipinski definition) is 3. The summed E-state index contributed by atoms with van der Waals surface area (Å²) in [6, 6.07) is 0. The van der Waals surface area contributed by atoms with E-state index in [-0.39, 0.29) is 5.41 Å². The molecule has 0 atom stereocenters. The topological polar surface area (TPSA) is 50.1 Å². The first kappa shape index (κ1) is 12.3. The molecule has 0 saturated carbocycles. The fourth-order valence-electron chi connectivity index (χ4n) is 1.95. The summed E-state index contributed by atoms with van der Waals surface area (Å²) in [4.78, 5) is 0. The van der Waals surface area contributed by atoms with Crippen LogP contribution in [0.4, 0.5) is 0 Å². The van der Waals surface area contributed by atoms with Gasteiger partial charge in [-0.05, 0) is 25.6 Å². The van der Waals surface area contributed by atoms with Crippen LogP contribution in [0.3, 0.4) is 0 Å². The van der Waals surface area contributed by atoms with E-state index in [4.69, 9.17) is 5.73 Å². The number of nitrogens with one attached hydrogen (secondary N) is 2. The molecular weight excluding hydrogens is 186 g/mol. The lowest BCUT2D eigenvalue weighted by atomic mass is 9.80. The van der Waals surface area contributed by atoms with Crippen molar-refractivity contribution in [1.29, 1.82) is 0 Å². The van der Waals surface area contributed by atoms with Crippen molar-refractivity contribution in [2.45, 2.75) is 20.3 Å². The summed E-state index contributed by atoms with van der Waals surface area (Å²) in [5.74, 6) is 0. The summed E-state index contributed by atoms with van der Waals surface area (Å²) in [6.45, 7) is 8.25. The predicted octanol–water partition coefficient (Wildman–Crippen LogP) is 0.994. The van der Waals surface area contributed by atoms with Gasteiger partial charge in [0.2, 0.25) is 0 Å². The summed E-state index contributed by atoms with van der Waals surface area (Å²) < 4.78 is 0. The van der Waals surface area contributed by atoms with E-state index in [1.807, 2.05) is 6.08 Å². The lowest BCUT2D eigenvalue weighted by Crippen LogP contribution is -2.42. The van der Waals surface area contributed by atoms with Gasteiger partial charge in [0.1, 0.15) is 0 Å². The van der Waals surface area contributed by atoms with E-state index in [1.54, 1.807) is 0 Å². The zero-order valence-corrected chi connectivity index (χ0v) is 9.84. The van der Waals surface area contributed by atoms with Crippen LogP contribution < -0.4 is 16.4 Å². The molecule has 0 aromatic carbocycles. The molecule has 0 radical (unpaired) electrons. The quantitative estimate of drug-likeness (QED) is 0.611. The molecule has 4 N–H and O–H groups in total. The zero-order chi connectivity index (χ0) is 11.1. The van der Waals surface area contributed by atoms with Crippen LogP contribution in [0.15, 0.2) is 23.9 Å². The average molecular weight is 209 g/mol. The highest BCUT2D eigenvalue weighted by atomic mass is 14.9. The molecule has 0 spiro atoms. The molecule has 0 bridgehead atoms. The van der Waals surface area contributed by atoms with Gasteiger partial charge >= 0.3 is 0 Å². The van der Waals surface area contributed by atoms with Gasteiger partial charge < -0.3 is 16.4 Å². The Balaban J connectivity index is 2.60. The third-order valence-corrected chi connectivity index (χ3v) is 2.77. The van der Waals surface area contributed by atoms with Crippen LogP contribution in [-0.4, -0.2) is 26.2 Å². The lowest BCUT2D eigenvalue weighted by molar-refractivity contribution is 0.332. The van der Waals surface area contributed by atoms with Crippen molar-refractivity contribution in [3.05, 3.63) is 23.9 Å². The SMILES string of the molecule is CCNCC1(CNCC)C=CC=C(N)C1. The summed E-state index contributed by atoms with van der Waals surface area (Å²) in [7, 11) is 0. The van der Waals surface area contributed by atoms with E-state index in [9.17, 15) is 0 Å². The first-order valence-corrected chi connectivity index (χ1v) is 5.78. The molecular formula is C12H23N3. The normalized spacial score (nSPS) is 18.9. The van der Waals surface area contributed by atoms with Gasteiger partial charge in [-0.2, -0.15) is 0 Å². The Morgan fingerprint density at radius 3 is 2.33 bits per heavy atom. The highest BCUT2D eigenvalue weighted by Gasteiger charge is 2.28. The van der Waals surface area contributed by atoms with E-state index in [1.165, 1.54) is 0 Å². The molecule has 3 nitrogen and oxygen atoms in total. The minimum Gasteiger partial charge on any atom is -0.402 e. The fraction of sp³-hybridized carbons (Fsp3) is 0.667. The Morgan fingerprint density at radius 2 is 1.87 bits per heavy atom. The van der Waals surface area contributed by atoms with Crippen LogP contribution in [-0.2, 0) is 0 Å². The largest absolute Gasteiger partial charge is 0.402 e. The van der Waals surface area contributed by atoms with Gasteiger partial charge in [-0.1, -0.05) is 26.0 Å². The second kappa shape index (κ2) is 5.93. The third-order valence-electron chi connectivity index (χ3n) is 2.77. The number of rotatable bonds is 6. The molecule has 0 aromatic heterocycles. The van der Waals surface area contributed by atoms with Gasteiger partial charge in [-0.3, -0.25) is 0 Å². The van der Waals surface area contributed by atoms with Crippen LogP contribution in [0.25, 0.3) is 0 Å². The van der Waals surface area contributed by atoms with Crippen molar-refractivity contribution < 1.29 is 0 Å². The minimum atomic E-state index is 0.158.